The first-order valence-corrected chi connectivity index (χ1v) is 7.90. The first-order chi connectivity index (χ1) is 11.4. The Balaban J connectivity index is 3.01. The van der Waals surface area contributed by atoms with Gasteiger partial charge in [-0.1, -0.05) is 6.92 Å². The number of nitrogens with zero attached hydrogens (tertiary/aromatic N) is 2. The van der Waals surface area contributed by atoms with E-state index in [0.29, 0.717) is 23.3 Å². The number of hydrogen-bond acceptors (Lipinski definition) is 5. The molecule has 0 atom stereocenters. The van der Waals surface area contributed by atoms with Gasteiger partial charge in [0.25, 0.3) is 0 Å². The van der Waals surface area contributed by atoms with Gasteiger partial charge in [-0.2, -0.15) is 0 Å². The Morgan fingerprint density at radius 2 is 2.00 bits per heavy atom. The number of nitro benzene ring substituents is 1. The average molecular weight is 334 g/mol. The van der Waals surface area contributed by atoms with Crippen LogP contribution in [0.25, 0.3) is 10.9 Å². The molecule has 0 spiro atoms. The monoisotopic (exact) mass is 334 g/mol. The largest absolute Gasteiger partial charge is 0.490 e. The summed E-state index contributed by atoms with van der Waals surface area (Å²) in [5.41, 5.74) is 2.03. The minimum atomic E-state index is -0.552. The highest BCUT2D eigenvalue weighted by Gasteiger charge is 2.32. The number of rotatable bonds is 6. The summed E-state index contributed by atoms with van der Waals surface area (Å²) in [6.45, 7) is 8.12. The smallest absolute Gasteiger partial charge is 0.340 e. The SMILES string of the molecule is CCCn1c(C)c(C(=O)OCC)c2c([N+](=O)[O-])c(OC)c(C)cc21. The van der Waals surface area contributed by atoms with Gasteiger partial charge in [0, 0.05) is 17.8 Å². The van der Waals surface area contributed by atoms with E-state index >= 15 is 0 Å². The van der Waals surface area contributed by atoms with Crippen molar-refractivity contribution >= 4 is 22.6 Å². The molecule has 1 aromatic heterocycles. The maximum absolute atomic E-state index is 12.5. The highest BCUT2D eigenvalue weighted by molar-refractivity contribution is 6.11. The molecule has 130 valence electrons. The third kappa shape index (κ3) is 2.70. The van der Waals surface area contributed by atoms with Crippen molar-refractivity contribution in [3.05, 3.63) is 33.0 Å². The lowest BCUT2D eigenvalue weighted by molar-refractivity contribution is -0.384. The van der Waals surface area contributed by atoms with Crippen molar-refractivity contribution in [2.45, 2.75) is 40.7 Å². The van der Waals surface area contributed by atoms with E-state index in [0.717, 1.165) is 6.42 Å². The van der Waals surface area contributed by atoms with Crippen LogP contribution in [0, 0.1) is 24.0 Å². The summed E-state index contributed by atoms with van der Waals surface area (Å²) in [6.07, 6.45) is 0.839. The molecule has 0 aliphatic heterocycles. The van der Waals surface area contributed by atoms with E-state index in [9.17, 15) is 14.9 Å². The summed E-state index contributed by atoms with van der Waals surface area (Å²) >= 11 is 0. The lowest BCUT2D eigenvalue weighted by Gasteiger charge is -2.09. The number of esters is 1. The van der Waals surface area contributed by atoms with Gasteiger partial charge in [-0.25, -0.2) is 4.79 Å². The number of methoxy groups -OCH3 is 1. The third-order valence-corrected chi connectivity index (χ3v) is 4.04. The number of aryl methyl sites for hydroxylation is 2. The molecular weight excluding hydrogens is 312 g/mol. The molecule has 2 aromatic rings. The van der Waals surface area contributed by atoms with Gasteiger partial charge in [0.05, 0.1) is 35.1 Å². The molecule has 0 saturated carbocycles. The normalized spacial score (nSPS) is 10.9. The van der Waals surface area contributed by atoms with E-state index in [1.807, 2.05) is 17.6 Å². The molecule has 1 aromatic carbocycles. The van der Waals surface area contributed by atoms with Crippen LogP contribution in [0.1, 0.15) is 41.9 Å². The summed E-state index contributed by atoms with van der Waals surface area (Å²) < 4.78 is 12.3. The van der Waals surface area contributed by atoms with Gasteiger partial charge in [-0.05, 0) is 33.3 Å². The Morgan fingerprint density at radius 1 is 1.33 bits per heavy atom. The fourth-order valence-electron chi connectivity index (χ4n) is 3.12. The van der Waals surface area contributed by atoms with E-state index < -0.39 is 10.9 Å². The van der Waals surface area contributed by atoms with Crippen molar-refractivity contribution in [2.24, 2.45) is 0 Å². The maximum Gasteiger partial charge on any atom is 0.340 e. The van der Waals surface area contributed by atoms with Crippen LogP contribution in [0.15, 0.2) is 6.07 Å². The van der Waals surface area contributed by atoms with E-state index in [4.69, 9.17) is 9.47 Å². The van der Waals surface area contributed by atoms with Crippen molar-refractivity contribution < 1.29 is 19.2 Å². The van der Waals surface area contributed by atoms with Crippen LogP contribution in [0.3, 0.4) is 0 Å². The zero-order valence-corrected chi connectivity index (χ0v) is 14.6. The van der Waals surface area contributed by atoms with Gasteiger partial charge in [0.15, 0.2) is 0 Å². The first kappa shape index (κ1) is 17.8. The molecule has 0 aliphatic carbocycles. The molecule has 0 radical (unpaired) electrons. The van der Waals surface area contributed by atoms with Gasteiger partial charge in [-0.15, -0.1) is 0 Å². The molecule has 1 heterocycles. The number of fused-ring (bicyclic) bond motifs is 1. The van der Waals surface area contributed by atoms with Gasteiger partial charge in [-0.3, -0.25) is 10.1 Å². The topological polar surface area (TPSA) is 83.6 Å². The van der Waals surface area contributed by atoms with E-state index in [1.54, 1.807) is 20.8 Å². The highest BCUT2D eigenvalue weighted by atomic mass is 16.6. The first-order valence-electron chi connectivity index (χ1n) is 7.90. The average Bonchev–Trinajstić information content (AvgIpc) is 2.78. The van der Waals surface area contributed by atoms with Crippen molar-refractivity contribution in [1.82, 2.24) is 4.57 Å². The fourth-order valence-corrected chi connectivity index (χ4v) is 3.12. The summed E-state index contributed by atoms with van der Waals surface area (Å²) in [7, 11) is 1.39. The lowest BCUT2D eigenvalue weighted by atomic mass is 10.1. The third-order valence-electron chi connectivity index (χ3n) is 4.04. The Kier molecular flexibility index (Phi) is 5.11. The molecule has 0 amide bonds. The van der Waals surface area contributed by atoms with Crippen LogP contribution in [0.5, 0.6) is 5.75 Å². The number of carbonyl (C=O) groups excluding carboxylic acids is 1. The predicted molar refractivity (Wildman–Crippen MR) is 90.9 cm³/mol. The van der Waals surface area contributed by atoms with Crippen LogP contribution in [0.2, 0.25) is 0 Å². The lowest BCUT2D eigenvalue weighted by Crippen LogP contribution is -2.08. The minimum absolute atomic E-state index is 0.173. The van der Waals surface area contributed by atoms with Gasteiger partial charge >= 0.3 is 11.7 Å². The fraction of sp³-hybridized carbons (Fsp3) is 0.471. The van der Waals surface area contributed by atoms with E-state index in [2.05, 4.69) is 0 Å². The number of nitro groups is 1. The quantitative estimate of drug-likeness (QED) is 0.456. The van der Waals surface area contributed by atoms with Crippen LogP contribution in [-0.4, -0.2) is 29.2 Å². The maximum atomic E-state index is 12.5. The molecule has 0 fully saturated rings. The molecule has 0 bridgehead atoms. The van der Waals surface area contributed by atoms with Crippen LogP contribution < -0.4 is 4.74 Å². The van der Waals surface area contributed by atoms with E-state index in [1.165, 1.54) is 7.11 Å². The van der Waals surface area contributed by atoms with E-state index in [-0.39, 0.29) is 29.0 Å². The number of benzene rings is 1. The number of aromatic nitrogens is 1. The van der Waals surface area contributed by atoms with Crippen LogP contribution in [-0.2, 0) is 11.3 Å². The van der Waals surface area contributed by atoms with Gasteiger partial charge in [0.2, 0.25) is 5.75 Å². The van der Waals surface area contributed by atoms with Crippen molar-refractivity contribution in [1.29, 1.82) is 0 Å². The number of carbonyl (C=O) groups is 1. The second kappa shape index (κ2) is 6.90. The molecule has 24 heavy (non-hydrogen) atoms. The summed E-state index contributed by atoms with van der Waals surface area (Å²) in [4.78, 5) is 23.7. The standard InChI is InChI=1S/C17H22N2O5/c1-6-8-18-11(4)13(17(20)24-7-2)14-12(18)9-10(3)16(23-5)15(14)19(21)22/h9H,6-8H2,1-5H3. The van der Waals surface area contributed by atoms with Gasteiger partial charge < -0.3 is 14.0 Å². The minimum Gasteiger partial charge on any atom is -0.490 e. The van der Waals surface area contributed by atoms with Crippen LogP contribution >= 0.6 is 0 Å². The predicted octanol–water partition coefficient (Wildman–Crippen LogP) is 3.76. The zero-order valence-electron chi connectivity index (χ0n) is 14.6. The van der Waals surface area contributed by atoms with Crippen molar-refractivity contribution in [3.8, 4) is 5.75 Å². The second-order valence-electron chi connectivity index (χ2n) is 5.56. The summed E-state index contributed by atoms with van der Waals surface area (Å²) in [5, 5.41) is 12.0. The Bertz CT molecular complexity index is 807. The van der Waals surface area contributed by atoms with Crippen molar-refractivity contribution in [3.63, 3.8) is 0 Å². The Morgan fingerprint density at radius 3 is 2.50 bits per heavy atom. The second-order valence-corrected chi connectivity index (χ2v) is 5.56. The molecule has 0 aliphatic rings. The van der Waals surface area contributed by atoms with Crippen molar-refractivity contribution in [2.75, 3.05) is 13.7 Å². The Labute approximate surface area is 140 Å². The Hall–Kier alpha value is -2.57. The molecule has 0 saturated heterocycles. The van der Waals surface area contributed by atoms with Gasteiger partial charge in [0.1, 0.15) is 0 Å². The van der Waals surface area contributed by atoms with Crippen LogP contribution in [0.4, 0.5) is 5.69 Å². The molecule has 7 nitrogen and oxygen atoms in total. The summed E-state index contributed by atoms with van der Waals surface area (Å²) in [5.74, 6) is -0.379. The molecule has 7 heteroatoms. The number of ether oxygens (including phenoxy) is 2. The molecular formula is C17H22N2O5. The number of hydrogen-bond donors (Lipinski definition) is 0. The molecule has 2 rings (SSSR count). The highest BCUT2D eigenvalue weighted by Crippen LogP contribution is 2.42. The summed E-state index contributed by atoms with van der Waals surface area (Å²) in [6, 6.07) is 1.83. The molecule has 0 unspecified atom stereocenters. The zero-order chi connectivity index (χ0) is 18.0. The molecule has 0 N–H and O–H groups in total.